The third-order valence-electron chi connectivity index (χ3n) is 7.77. The van der Waals surface area contributed by atoms with Crippen LogP contribution in [-0.2, 0) is 11.2 Å². The number of amides is 1. The molecule has 4 heterocycles. The Morgan fingerprint density at radius 1 is 1.00 bits per heavy atom. The number of nitrogens with one attached hydrogen (secondary N) is 3. The molecule has 48 heavy (non-hydrogen) atoms. The van der Waals surface area contributed by atoms with E-state index in [0.717, 1.165) is 45.0 Å². The molecule has 0 saturated carbocycles. The van der Waals surface area contributed by atoms with Gasteiger partial charge in [-0.05, 0) is 55.3 Å². The molecule has 0 unspecified atom stereocenters. The number of imidazole rings is 2. The number of carbonyl (C=O) groups excluding carboxylic acids is 1. The number of halogens is 3. The molecule has 6 rings (SSSR count). The first kappa shape index (κ1) is 32.7. The lowest BCUT2D eigenvalue weighted by atomic mass is 10.1. The zero-order valence-corrected chi connectivity index (χ0v) is 26.5. The fourth-order valence-corrected chi connectivity index (χ4v) is 5.33. The molecule has 3 aromatic heterocycles. The number of rotatable bonds is 11. The Morgan fingerprint density at radius 3 is 2.60 bits per heavy atom. The Bertz CT molecular complexity index is 1880. The van der Waals surface area contributed by atoms with Crippen molar-refractivity contribution in [2.24, 2.45) is 0 Å². The summed E-state index contributed by atoms with van der Waals surface area (Å²) in [5.41, 5.74) is 3.14. The lowest BCUT2D eigenvalue weighted by molar-refractivity contribution is -0.127. The van der Waals surface area contributed by atoms with Crippen LogP contribution in [0.3, 0.4) is 0 Å². The molecule has 5 aromatic rings. The largest absolute Gasteiger partial charge is 0.393 e. The molecule has 0 spiro atoms. The lowest BCUT2D eigenvalue weighted by Gasteiger charge is -2.26. The van der Waals surface area contributed by atoms with E-state index >= 15 is 0 Å². The van der Waals surface area contributed by atoms with Gasteiger partial charge in [0.25, 0.3) is 5.91 Å². The highest BCUT2D eigenvalue weighted by Gasteiger charge is 2.28. The van der Waals surface area contributed by atoms with Gasteiger partial charge in [-0.25, -0.2) is 19.9 Å². The Kier molecular flexibility index (Phi) is 9.68. The summed E-state index contributed by atoms with van der Waals surface area (Å²) in [7, 11) is 0. The van der Waals surface area contributed by atoms with Crippen LogP contribution in [-0.4, -0.2) is 85.4 Å². The summed E-state index contributed by atoms with van der Waals surface area (Å²) >= 11 is 0. The maximum atomic E-state index is 13.4. The van der Waals surface area contributed by atoms with E-state index in [1.54, 1.807) is 46.8 Å². The molecule has 3 N–H and O–H groups in total. The maximum Gasteiger partial charge on any atom is 0.393 e. The van der Waals surface area contributed by atoms with Gasteiger partial charge in [0.2, 0.25) is 5.95 Å². The van der Waals surface area contributed by atoms with E-state index in [2.05, 4.69) is 40.8 Å². The summed E-state index contributed by atoms with van der Waals surface area (Å²) in [5.74, 6) is 1.21. The van der Waals surface area contributed by atoms with Crippen molar-refractivity contribution in [3.05, 3.63) is 96.1 Å². The van der Waals surface area contributed by atoms with Crippen molar-refractivity contribution in [2.75, 3.05) is 55.3 Å². The molecule has 1 saturated heterocycles. The van der Waals surface area contributed by atoms with Crippen molar-refractivity contribution < 1.29 is 22.7 Å². The molecule has 0 aliphatic carbocycles. The predicted molar refractivity (Wildman–Crippen MR) is 175 cm³/mol. The highest BCUT2D eigenvalue weighted by Crippen LogP contribution is 2.27. The number of hydrogen-bond acceptors (Lipinski definition) is 9. The second kappa shape index (κ2) is 14.2. The van der Waals surface area contributed by atoms with Gasteiger partial charge in [0.1, 0.15) is 18.0 Å². The number of ether oxygens (including phenoxy) is 1. The van der Waals surface area contributed by atoms with Crippen LogP contribution in [0.5, 0.6) is 0 Å². The Labute approximate surface area is 275 Å². The second-order valence-corrected chi connectivity index (χ2v) is 11.5. The van der Waals surface area contributed by atoms with Crippen LogP contribution in [0, 0.1) is 13.8 Å². The molecule has 0 radical (unpaired) electrons. The minimum atomic E-state index is -4.44. The van der Waals surface area contributed by atoms with E-state index < -0.39 is 18.5 Å². The number of aryl methyl sites for hydroxylation is 2. The zero-order valence-electron chi connectivity index (χ0n) is 26.5. The van der Waals surface area contributed by atoms with Crippen molar-refractivity contribution in [1.82, 2.24) is 34.0 Å². The average Bonchev–Trinajstić information content (AvgIpc) is 3.71. The number of nitrogens with zero attached hydrogens (tertiary/aromatic N) is 7. The van der Waals surface area contributed by atoms with E-state index in [-0.39, 0.29) is 11.1 Å². The number of benzene rings is 2. The summed E-state index contributed by atoms with van der Waals surface area (Å²) in [6.45, 7) is 8.58. The molecule has 12 nitrogen and oxygen atoms in total. The van der Waals surface area contributed by atoms with Crippen molar-refractivity contribution in [3.63, 3.8) is 0 Å². The second-order valence-electron chi connectivity index (χ2n) is 11.5. The fraction of sp³-hybridized carbons (Fsp3) is 0.303. The summed E-state index contributed by atoms with van der Waals surface area (Å²) in [5, 5.41) is 9.49. The Balaban J connectivity index is 1.17. The highest BCUT2D eigenvalue weighted by atomic mass is 19.4. The van der Waals surface area contributed by atoms with E-state index in [0.29, 0.717) is 40.3 Å². The van der Waals surface area contributed by atoms with Crippen LogP contribution < -0.4 is 16.0 Å². The molecule has 2 aromatic carbocycles. The van der Waals surface area contributed by atoms with Gasteiger partial charge < -0.3 is 25.3 Å². The quantitative estimate of drug-likeness (QED) is 0.173. The maximum absolute atomic E-state index is 13.4. The van der Waals surface area contributed by atoms with Crippen LogP contribution in [0.25, 0.3) is 11.5 Å². The molecule has 15 heteroatoms. The number of hydrogen-bond donors (Lipinski definition) is 3. The minimum Gasteiger partial charge on any atom is -0.379 e. The van der Waals surface area contributed by atoms with E-state index in [9.17, 15) is 18.0 Å². The molecular formula is C33H35F3N10O2. The van der Waals surface area contributed by atoms with Gasteiger partial charge in [0, 0.05) is 73.5 Å². The monoisotopic (exact) mass is 660 g/mol. The van der Waals surface area contributed by atoms with Gasteiger partial charge >= 0.3 is 6.18 Å². The fourth-order valence-electron chi connectivity index (χ4n) is 5.33. The summed E-state index contributed by atoms with van der Waals surface area (Å²) in [6.07, 6.45) is 2.48. The topological polar surface area (TPSA) is 127 Å². The predicted octanol–water partition coefficient (Wildman–Crippen LogP) is 5.31. The van der Waals surface area contributed by atoms with Crippen LogP contribution in [0.2, 0.25) is 0 Å². The molecule has 1 amide bonds. The third kappa shape index (κ3) is 8.35. The molecule has 1 aliphatic rings. The van der Waals surface area contributed by atoms with Gasteiger partial charge in [-0.3, -0.25) is 14.3 Å². The highest BCUT2D eigenvalue weighted by molar-refractivity contribution is 6.05. The summed E-state index contributed by atoms with van der Waals surface area (Å²) < 4.78 is 48.7. The number of carbonyl (C=O) groups is 1. The SMILES string of the molecule is Cc1cn(-c2cc(CC(F)(F)F)cc(C(=O)Nc3ccc(C)c(Nc4nccn4-c4cc(NCCN5CCOCC5)ncn4)c3)c2)cn1. The molecule has 1 aliphatic heterocycles. The summed E-state index contributed by atoms with van der Waals surface area (Å²) in [6, 6.07) is 11.3. The van der Waals surface area contributed by atoms with Crippen LogP contribution >= 0.6 is 0 Å². The van der Waals surface area contributed by atoms with E-state index in [1.165, 1.54) is 30.9 Å². The van der Waals surface area contributed by atoms with Gasteiger partial charge in [-0.15, -0.1) is 0 Å². The Morgan fingerprint density at radius 2 is 1.83 bits per heavy atom. The van der Waals surface area contributed by atoms with Crippen molar-refractivity contribution in [3.8, 4) is 11.5 Å². The number of anilines is 4. The molecule has 0 atom stereocenters. The standard InChI is InChI=1S/C33H35F3N10O2/c1-22-3-4-26(42-31(47)25-13-24(18-33(34,35)36)14-27(15-25)45-19-23(2)41-21-45)16-28(22)43-32-38-6-8-46(32)30-17-29(39-20-40-30)37-5-7-44-9-11-48-12-10-44/h3-4,6,8,13-17,19-21H,5,7,9-12,18H2,1-2H3,(H,38,43)(H,42,47)(H,37,39,40). The van der Waals surface area contributed by atoms with Crippen molar-refractivity contribution in [1.29, 1.82) is 0 Å². The average molecular weight is 661 g/mol. The Hall–Kier alpha value is -5.28. The first-order valence-corrected chi connectivity index (χ1v) is 15.4. The van der Waals surface area contributed by atoms with Gasteiger partial charge in [0.15, 0.2) is 0 Å². The van der Waals surface area contributed by atoms with Gasteiger partial charge in [-0.2, -0.15) is 13.2 Å². The molecule has 0 bridgehead atoms. The van der Waals surface area contributed by atoms with Gasteiger partial charge in [-0.1, -0.05) is 6.07 Å². The molecule has 1 fully saturated rings. The van der Waals surface area contributed by atoms with E-state index in [1.807, 2.05) is 19.1 Å². The summed E-state index contributed by atoms with van der Waals surface area (Å²) in [4.78, 5) is 33.1. The minimum absolute atomic E-state index is 0.0326. The van der Waals surface area contributed by atoms with Crippen LogP contribution in [0.1, 0.15) is 27.2 Å². The number of alkyl halides is 3. The normalized spacial score (nSPS) is 13.8. The molecule has 250 valence electrons. The van der Waals surface area contributed by atoms with E-state index in [4.69, 9.17) is 4.74 Å². The first-order chi connectivity index (χ1) is 23.1. The van der Waals surface area contributed by atoms with Crippen molar-refractivity contribution >= 4 is 29.0 Å². The van der Waals surface area contributed by atoms with Crippen LogP contribution in [0.4, 0.5) is 36.3 Å². The number of morpholine rings is 1. The molecular weight excluding hydrogens is 625 g/mol. The number of aromatic nitrogens is 6. The van der Waals surface area contributed by atoms with Crippen LogP contribution in [0.15, 0.2) is 73.7 Å². The van der Waals surface area contributed by atoms with Gasteiger partial charge in [0.05, 0.1) is 31.7 Å². The third-order valence-corrected chi connectivity index (χ3v) is 7.77. The first-order valence-electron chi connectivity index (χ1n) is 15.4. The lowest BCUT2D eigenvalue weighted by Crippen LogP contribution is -2.39. The van der Waals surface area contributed by atoms with Crippen molar-refractivity contribution in [2.45, 2.75) is 26.4 Å². The smallest absolute Gasteiger partial charge is 0.379 e. The zero-order chi connectivity index (χ0) is 33.7.